The van der Waals surface area contributed by atoms with Gasteiger partial charge in [-0.05, 0) is 51.8 Å². The van der Waals surface area contributed by atoms with Crippen molar-refractivity contribution in [2.45, 2.75) is 83.3 Å². The first kappa shape index (κ1) is 31.0. The number of anilines is 1. The lowest BCUT2D eigenvalue weighted by atomic mass is 9.88. The van der Waals surface area contributed by atoms with E-state index in [1.165, 1.54) is 11.4 Å². The number of aliphatic hydroxyl groups is 1. The Kier molecular flexibility index (Phi) is 9.76. The third kappa shape index (κ3) is 6.92. The number of nitrogens with zero attached hydrogens (tertiary/aromatic N) is 3. The molecule has 41 heavy (non-hydrogen) atoms. The smallest absolute Gasteiger partial charge is 0.248 e. The van der Waals surface area contributed by atoms with E-state index >= 15 is 0 Å². The van der Waals surface area contributed by atoms with Crippen LogP contribution in [0.2, 0.25) is 0 Å². The van der Waals surface area contributed by atoms with Gasteiger partial charge in [0.25, 0.3) is 0 Å². The first-order valence-corrected chi connectivity index (χ1v) is 15.8. The molecule has 2 aliphatic rings. The second-order valence-corrected chi connectivity index (χ2v) is 13.5. The Labute approximate surface area is 242 Å². The van der Waals surface area contributed by atoms with Gasteiger partial charge in [-0.2, -0.15) is 4.31 Å². The lowest BCUT2D eigenvalue weighted by Gasteiger charge is -2.33. The summed E-state index contributed by atoms with van der Waals surface area (Å²) in [7, 11) is -2.45. The SMILES string of the molecule is Cc1noc(C)c1S(=O)(=O)N(C)C[C@@H]1Oc2ccc(NC(=O)C3CCCCC3)cc2CC(=O)N([C@@H](C)CO)C[C@H]1C. The van der Waals surface area contributed by atoms with Gasteiger partial charge < -0.3 is 24.6 Å². The van der Waals surface area contributed by atoms with Crippen LogP contribution < -0.4 is 10.1 Å². The number of sulfonamides is 1. The van der Waals surface area contributed by atoms with Crippen molar-refractivity contribution in [2.24, 2.45) is 11.8 Å². The van der Waals surface area contributed by atoms with Crippen LogP contribution in [0.25, 0.3) is 0 Å². The quantitative estimate of drug-likeness (QED) is 0.477. The number of amides is 2. The van der Waals surface area contributed by atoms with Crippen LogP contribution in [0.5, 0.6) is 5.75 Å². The lowest BCUT2D eigenvalue weighted by Crippen LogP contribution is -2.48. The number of aromatic nitrogens is 1. The molecule has 3 atom stereocenters. The fraction of sp³-hybridized carbons (Fsp3) is 0.621. The van der Waals surface area contributed by atoms with E-state index in [2.05, 4.69) is 10.5 Å². The maximum Gasteiger partial charge on any atom is 0.248 e. The van der Waals surface area contributed by atoms with Crippen LogP contribution in [0.1, 0.15) is 63.0 Å². The Bertz CT molecular complexity index is 1330. The molecule has 1 aromatic heterocycles. The third-order valence-electron chi connectivity index (χ3n) is 8.23. The molecular weight excluding hydrogens is 548 g/mol. The van der Waals surface area contributed by atoms with E-state index in [4.69, 9.17) is 9.26 Å². The van der Waals surface area contributed by atoms with Gasteiger partial charge in [-0.25, -0.2) is 8.42 Å². The van der Waals surface area contributed by atoms with Crippen molar-refractivity contribution in [3.8, 4) is 5.75 Å². The highest BCUT2D eigenvalue weighted by Crippen LogP contribution is 2.31. The molecule has 11 nitrogen and oxygen atoms in total. The fourth-order valence-corrected chi connectivity index (χ4v) is 7.15. The second-order valence-electron chi connectivity index (χ2n) is 11.5. The number of hydrogen-bond acceptors (Lipinski definition) is 8. The number of carbonyl (C=O) groups is 2. The van der Waals surface area contributed by atoms with Crippen molar-refractivity contribution >= 4 is 27.5 Å². The summed E-state index contributed by atoms with van der Waals surface area (Å²) >= 11 is 0. The van der Waals surface area contributed by atoms with E-state index in [1.54, 1.807) is 43.9 Å². The standard InChI is InChI=1S/C29H42N4O7S/c1-18-15-33(19(2)17-34)27(35)14-23-13-24(30-29(36)22-9-7-6-8-10-22)11-12-25(23)39-26(18)16-32(5)41(37,38)28-20(3)31-40-21(28)4/h11-13,18-19,22,26,34H,6-10,14-17H2,1-5H3,(H,30,36)/t18-,19+,26+/m1/s1. The van der Waals surface area contributed by atoms with Crippen LogP contribution in [-0.2, 0) is 26.0 Å². The van der Waals surface area contributed by atoms with Crippen molar-refractivity contribution in [3.05, 3.63) is 35.2 Å². The molecule has 0 saturated heterocycles. The molecule has 0 bridgehead atoms. The zero-order valence-electron chi connectivity index (χ0n) is 24.6. The minimum absolute atomic E-state index is 0.00268. The number of likely N-dealkylation sites (N-methyl/N-ethyl adjacent to an activating group) is 1. The minimum atomic E-state index is -3.93. The Morgan fingerprint density at radius 2 is 1.95 bits per heavy atom. The third-order valence-corrected chi connectivity index (χ3v) is 10.3. The number of ether oxygens (including phenoxy) is 1. The van der Waals surface area contributed by atoms with E-state index in [0.717, 1.165) is 32.1 Å². The van der Waals surface area contributed by atoms with E-state index in [9.17, 15) is 23.1 Å². The van der Waals surface area contributed by atoms with E-state index in [0.29, 0.717) is 17.0 Å². The Morgan fingerprint density at radius 3 is 2.59 bits per heavy atom. The van der Waals surface area contributed by atoms with E-state index in [-0.39, 0.29) is 66.1 Å². The fourth-order valence-electron chi connectivity index (χ4n) is 5.68. The first-order valence-electron chi connectivity index (χ1n) is 14.3. The van der Waals surface area contributed by atoms with Crippen LogP contribution >= 0.6 is 0 Å². The lowest BCUT2D eigenvalue weighted by molar-refractivity contribution is -0.134. The molecule has 12 heteroatoms. The van der Waals surface area contributed by atoms with Crippen molar-refractivity contribution in [1.29, 1.82) is 0 Å². The summed E-state index contributed by atoms with van der Waals surface area (Å²) in [5.41, 5.74) is 1.45. The Hall–Kier alpha value is -2.96. The van der Waals surface area contributed by atoms with Crippen molar-refractivity contribution < 1.29 is 32.4 Å². The molecule has 2 N–H and O–H groups in total. The normalized spacial score (nSPS) is 21.4. The number of aliphatic hydroxyl groups excluding tert-OH is 1. The predicted molar refractivity (Wildman–Crippen MR) is 153 cm³/mol. The molecular formula is C29H42N4O7S. The van der Waals surface area contributed by atoms with Gasteiger partial charge in [0.2, 0.25) is 21.8 Å². The number of fused-ring (bicyclic) bond motifs is 1. The monoisotopic (exact) mass is 590 g/mol. The van der Waals surface area contributed by atoms with Crippen LogP contribution in [-0.4, -0.2) is 78.6 Å². The molecule has 1 aliphatic heterocycles. The maximum absolute atomic E-state index is 13.5. The van der Waals surface area contributed by atoms with Gasteiger partial charge in [0.05, 0.1) is 25.6 Å². The average Bonchev–Trinajstić information content (AvgIpc) is 3.31. The van der Waals surface area contributed by atoms with Crippen LogP contribution in [0.3, 0.4) is 0 Å². The van der Waals surface area contributed by atoms with Crippen LogP contribution in [0, 0.1) is 25.7 Å². The summed E-state index contributed by atoms with van der Waals surface area (Å²) in [6.07, 6.45) is 4.37. The summed E-state index contributed by atoms with van der Waals surface area (Å²) in [5.74, 6) is 0.150. The molecule has 2 heterocycles. The predicted octanol–water partition coefficient (Wildman–Crippen LogP) is 3.28. The molecule has 4 rings (SSSR count). The van der Waals surface area contributed by atoms with Crippen molar-refractivity contribution in [1.82, 2.24) is 14.4 Å². The summed E-state index contributed by atoms with van der Waals surface area (Å²) < 4.78 is 39.7. The topological polar surface area (TPSA) is 142 Å². The highest BCUT2D eigenvalue weighted by atomic mass is 32.2. The van der Waals surface area contributed by atoms with Gasteiger partial charge in [0, 0.05) is 36.7 Å². The van der Waals surface area contributed by atoms with Gasteiger partial charge in [-0.3, -0.25) is 9.59 Å². The Morgan fingerprint density at radius 1 is 1.24 bits per heavy atom. The largest absolute Gasteiger partial charge is 0.488 e. The van der Waals surface area contributed by atoms with E-state index in [1.807, 2.05) is 6.92 Å². The van der Waals surface area contributed by atoms with Crippen molar-refractivity contribution in [3.63, 3.8) is 0 Å². The molecule has 0 unspecified atom stereocenters. The van der Waals surface area contributed by atoms with Gasteiger partial charge in [-0.15, -0.1) is 0 Å². The van der Waals surface area contributed by atoms with Crippen LogP contribution in [0.15, 0.2) is 27.6 Å². The Balaban J connectivity index is 1.64. The molecule has 0 radical (unpaired) electrons. The van der Waals surface area contributed by atoms with Crippen molar-refractivity contribution in [2.75, 3.05) is 32.1 Å². The maximum atomic E-state index is 13.5. The molecule has 226 valence electrons. The summed E-state index contributed by atoms with van der Waals surface area (Å²) in [4.78, 5) is 28.0. The molecule has 2 aromatic rings. The van der Waals surface area contributed by atoms with Crippen LogP contribution in [0.4, 0.5) is 5.69 Å². The first-order chi connectivity index (χ1) is 19.4. The summed E-state index contributed by atoms with van der Waals surface area (Å²) in [6, 6.07) is 4.80. The number of nitrogens with one attached hydrogen (secondary N) is 1. The zero-order chi connectivity index (χ0) is 29.9. The molecule has 0 spiro atoms. The highest BCUT2D eigenvalue weighted by molar-refractivity contribution is 7.89. The number of benzene rings is 1. The van der Waals surface area contributed by atoms with Gasteiger partial charge in [0.15, 0.2) is 5.76 Å². The molecule has 2 amide bonds. The van der Waals surface area contributed by atoms with Gasteiger partial charge in [0.1, 0.15) is 22.4 Å². The zero-order valence-corrected chi connectivity index (χ0v) is 25.4. The molecule has 1 saturated carbocycles. The minimum Gasteiger partial charge on any atom is -0.488 e. The molecule has 1 aromatic carbocycles. The number of hydrogen-bond donors (Lipinski definition) is 2. The second kappa shape index (κ2) is 12.9. The van der Waals surface area contributed by atoms with Gasteiger partial charge >= 0.3 is 0 Å². The highest BCUT2D eigenvalue weighted by Gasteiger charge is 2.35. The molecule has 1 aliphatic carbocycles. The number of rotatable bonds is 8. The number of aryl methyl sites for hydroxylation is 2. The van der Waals surface area contributed by atoms with Gasteiger partial charge in [-0.1, -0.05) is 31.3 Å². The number of carbonyl (C=O) groups excluding carboxylic acids is 2. The van der Waals surface area contributed by atoms with E-state index < -0.39 is 22.2 Å². The average molecular weight is 591 g/mol. The summed E-state index contributed by atoms with van der Waals surface area (Å²) in [6.45, 7) is 6.86. The molecule has 1 fully saturated rings. The summed E-state index contributed by atoms with van der Waals surface area (Å²) in [5, 5.41) is 16.7.